The number of piperidine rings is 1. The zero-order valence-corrected chi connectivity index (χ0v) is 13.4. The van der Waals surface area contributed by atoms with Gasteiger partial charge in [0.2, 0.25) is 11.8 Å². The van der Waals surface area contributed by atoms with Crippen molar-refractivity contribution >= 4 is 23.2 Å². The summed E-state index contributed by atoms with van der Waals surface area (Å²) in [5.41, 5.74) is 0.970. The highest BCUT2D eigenvalue weighted by atomic mass is 32.1. The smallest absolute Gasteiger partial charge is 0.246 e. The molecule has 0 bridgehead atoms. The Morgan fingerprint density at radius 3 is 2.81 bits per heavy atom. The Morgan fingerprint density at radius 2 is 2.14 bits per heavy atom. The first-order valence-electron chi connectivity index (χ1n) is 7.63. The van der Waals surface area contributed by atoms with Gasteiger partial charge in [-0.3, -0.25) is 9.59 Å². The average molecular weight is 307 g/mol. The van der Waals surface area contributed by atoms with Gasteiger partial charge in [-0.1, -0.05) is 6.92 Å². The van der Waals surface area contributed by atoms with Gasteiger partial charge in [-0.25, -0.2) is 4.98 Å². The lowest BCUT2D eigenvalue weighted by molar-refractivity contribution is -0.164. The van der Waals surface area contributed by atoms with E-state index in [1.807, 2.05) is 24.1 Å². The molecule has 1 aromatic heterocycles. The summed E-state index contributed by atoms with van der Waals surface area (Å²) in [5.74, 6) is 0.226. The van der Waals surface area contributed by atoms with Gasteiger partial charge in [0, 0.05) is 17.6 Å². The highest BCUT2D eigenvalue weighted by molar-refractivity contribution is 7.09. The predicted molar refractivity (Wildman–Crippen MR) is 80.8 cm³/mol. The standard InChI is InChI=1S/C15H21N3O2S/c1-3-11-14(19)17-7-5-4-6-12(17)15(20)18(11)8-13-16-10(2)9-21-13/h9,11-12H,3-8H2,1-2H3. The minimum atomic E-state index is -0.323. The summed E-state index contributed by atoms with van der Waals surface area (Å²) in [5, 5.41) is 2.90. The minimum absolute atomic E-state index is 0.106. The van der Waals surface area contributed by atoms with Crippen LogP contribution in [0.5, 0.6) is 0 Å². The van der Waals surface area contributed by atoms with Gasteiger partial charge in [-0.2, -0.15) is 0 Å². The van der Waals surface area contributed by atoms with Crippen LogP contribution in [0.4, 0.5) is 0 Å². The lowest BCUT2D eigenvalue weighted by Gasteiger charge is -2.46. The number of hydrogen-bond acceptors (Lipinski definition) is 4. The quantitative estimate of drug-likeness (QED) is 0.857. The van der Waals surface area contributed by atoms with Crippen LogP contribution < -0.4 is 0 Å². The summed E-state index contributed by atoms with van der Waals surface area (Å²) in [4.78, 5) is 33.5. The van der Waals surface area contributed by atoms with E-state index in [1.54, 1.807) is 16.2 Å². The van der Waals surface area contributed by atoms with Gasteiger partial charge in [-0.05, 0) is 32.6 Å². The number of hydrogen-bond donors (Lipinski definition) is 0. The molecule has 1 aromatic rings. The summed E-state index contributed by atoms with van der Waals surface area (Å²) in [7, 11) is 0. The van der Waals surface area contributed by atoms with E-state index in [4.69, 9.17) is 0 Å². The molecule has 0 N–H and O–H groups in total. The van der Waals surface area contributed by atoms with Crippen LogP contribution in [0.25, 0.3) is 0 Å². The molecule has 2 aliphatic heterocycles. The maximum atomic E-state index is 12.8. The van der Waals surface area contributed by atoms with Crippen molar-refractivity contribution in [2.45, 2.75) is 58.2 Å². The zero-order valence-electron chi connectivity index (χ0n) is 12.5. The molecule has 114 valence electrons. The topological polar surface area (TPSA) is 53.5 Å². The average Bonchev–Trinajstić information content (AvgIpc) is 2.90. The largest absolute Gasteiger partial charge is 0.329 e. The maximum absolute atomic E-state index is 12.8. The SMILES string of the molecule is CCC1C(=O)N2CCCCC2C(=O)N1Cc1nc(C)cs1. The molecule has 2 fully saturated rings. The predicted octanol–water partition coefficient (Wildman–Crippen LogP) is 1.95. The fourth-order valence-corrected chi connectivity index (χ4v) is 4.10. The van der Waals surface area contributed by atoms with Gasteiger partial charge in [0.25, 0.3) is 0 Å². The molecular formula is C15H21N3O2S. The number of nitrogens with zero attached hydrogens (tertiary/aromatic N) is 3. The van der Waals surface area contributed by atoms with Gasteiger partial charge in [0.15, 0.2) is 0 Å². The molecule has 0 aliphatic carbocycles. The summed E-state index contributed by atoms with van der Waals surface area (Å²) in [6, 6.07) is -0.564. The summed E-state index contributed by atoms with van der Waals surface area (Å²) >= 11 is 1.56. The molecule has 21 heavy (non-hydrogen) atoms. The number of thiazole rings is 1. The Bertz CT molecular complexity index is 557. The first-order chi connectivity index (χ1) is 10.1. The molecule has 5 nitrogen and oxygen atoms in total. The van der Waals surface area contributed by atoms with Crippen molar-refractivity contribution < 1.29 is 9.59 Å². The van der Waals surface area contributed by atoms with Crippen LogP contribution in [0.2, 0.25) is 0 Å². The normalized spacial score (nSPS) is 26.2. The van der Waals surface area contributed by atoms with Crippen LogP contribution in [0.3, 0.4) is 0 Å². The van der Waals surface area contributed by atoms with E-state index < -0.39 is 0 Å². The molecule has 2 aliphatic rings. The Labute approximate surface area is 129 Å². The summed E-state index contributed by atoms with van der Waals surface area (Å²) in [6.45, 7) is 5.12. The van der Waals surface area contributed by atoms with Crippen LogP contribution >= 0.6 is 11.3 Å². The van der Waals surface area contributed by atoms with Gasteiger partial charge in [0.05, 0.1) is 6.54 Å². The second-order valence-corrected chi connectivity index (χ2v) is 6.76. The van der Waals surface area contributed by atoms with Crippen molar-refractivity contribution in [1.29, 1.82) is 0 Å². The van der Waals surface area contributed by atoms with E-state index in [0.717, 1.165) is 36.5 Å². The molecule has 3 heterocycles. The fourth-order valence-electron chi connectivity index (χ4n) is 3.33. The van der Waals surface area contributed by atoms with Crippen LogP contribution in [-0.4, -0.2) is 45.2 Å². The molecule has 0 radical (unpaired) electrons. The van der Waals surface area contributed by atoms with Crippen molar-refractivity contribution in [3.05, 3.63) is 16.1 Å². The van der Waals surface area contributed by atoms with Crippen molar-refractivity contribution in [2.24, 2.45) is 0 Å². The number of rotatable bonds is 3. The maximum Gasteiger partial charge on any atom is 0.246 e. The lowest BCUT2D eigenvalue weighted by atomic mass is 9.94. The number of carbonyl (C=O) groups is 2. The first kappa shape index (κ1) is 14.5. The number of amides is 2. The van der Waals surface area contributed by atoms with E-state index in [0.29, 0.717) is 13.0 Å². The summed E-state index contributed by atoms with van der Waals surface area (Å²) in [6.07, 6.45) is 3.51. The zero-order chi connectivity index (χ0) is 15.0. The van der Waals surface area contributed by atoms with Crippen molar-refractivity contribution in [3.8, 4) is 0 Å². The Kier molecular flexibility index (Phi) is 3.97. The molecule has 2 amide bonds. The molecule has 6 heteroatoms. The van der Waals surface area contributed by atoms with E-state index >= 15 is 0 Å². The second-order valence-electron chi connectivity index (χ2n) is 5.82. The highest BCUT2D eigenvalue weighted by Gasteiger charge is 2.45. The molecule has 0 saturated carbocycles. The van der Waals surface area contributed by atoms with E-state index in [1.165, 1.54) is 0 Å². The number of piperazine rings is 1. The molecule has 3 rings (SSSR count). The molecule has 2 atom stereocenters. The van der Waals surface area contributed by atoms with Gasteiger partial charge in [-0.15, -0.1) is 11.3 Å². The van der Waals surface area contributed by atoms with E-state index in [2.05, 4.69) is 4.98 Å². The highest BCUT2D eigenvalue weighted by Crippen LogP contribution is 2.29. The third-order valence-electron chi connectivity index (χ3n) is 4.37. The third-order valence-corrected chi connectivity index (χ3v) is 5.33. The first-order valence-corrected chi connectivity index (χ1v) is 8.51. The molecule has 0 spiro atoms. The van der Waals surface area contributed by atoms with Crippen molar-refractivity contribution in [3.63, 3.8) is 0 Å². The minimum Gasteiger partial charge on any atom is -0.329 e. The van der Waals surface area contributed by atoms with Gasteiger partial charge >= 0.3 is 0 Å². The van der Waals surface area contributed by atoms with Gasteiger partial charge < -0.3 is 9.80 Å². The number of fused-ring (bicyclic) bond motifs is 1. The molecule has 2 saturated heterocycles. The lowest BCUT2D eigenvalue weighted by Crippen LogP contribution is -2.65. The van der Waals surface area contributed by atoms with E-state index in [9.17, 15) is 9.59 Å². The van der Waals surface area contributed by atoms with Crippen LogP contribution in [0.1, 0.15) is 43.3 Å². The Morgan fingerprint density at radius 1 is 1.33 bits per heavy atom. The van der Waals surface area contributed by atoms with Crippen LogP contribution in [0.15, 0.2) is 5.38 Å². The van der Waals surface area contributed by atoms with Crippen molar-refractivity contribution in [1.82, 2.24) is 14.8 Å². The van der Waals surface area contributed by atoms with Crippen LogP contribution in [0, 0.1) is 6.92 Å². The second kappa shape index (κ2) is 5.75. The van der Waals surface area contributed by atoms with Crippen molar-refractivity contribution in [2.75, 3.05) is 6.54 Å². The molecule has 0 aromatic carbocycles. The number of carbonyl (C=O) groups excluding carboxylic acids is 2. The number of aryl methyl sites for hydroxylation is 1. The summed E-state index contributed by atoms with van der Waals surface area (Å²) < 4.78 is 0. The van der Waals surface area contributed by atoms with Gasteiger partial charge in [0.1, 0.15) is 17.1 Å². The Hall–Kier alpha value is -1.43. The number of aromatic nitrogens is 1. The fraction of sp³-hybridized carbons (Fsp3) is 0.667. The Balaban J connectivity index is 1.86. The van der Waals surface area contributed by atoms with E-state index in [-0.39, 0.29) is 23.9 Å². The third kappa shape index (κ3) is 2.57. The molecular weight excluding hydrogens is 286 g/mol. The molecule has 2 unspecified atom stereocenters. The monoisotopic (exact) mass is 307 g/mol. The van der Waals surface area contributed by atoms with Crippen LogP contribution in [-0.2, 0) is 16.1 Å².